The number of aryl methyl sites for hydroxylation is 1. The molecule has 0 unspecified atom stereocenters. The third-order valence-corrected chi connectivity index (χ3v) is 3.66. The second-order valence-electron chi connectivity index (χ2n) is 5.91. The molecule has 152 valence electrons. The van der Waals surface area contributed by atoms with Crippen molar-refractivity contribution in [1.82, 2.24) is 15.1 Å². The lowest BCUT2D eigenvalue weighted by molar-refractivity contribution is -0.385. The Morgan fingerprint density at radius 3 is 2.43 bits per heavy atom. The molecule has 1 aromatic heterocycles. The maximum absolute atomic E-state index is 13.2. The normalized spacial score (nSPS) is 12.1. The Bertz CT molecular complexity index is 902. The third kappa shape index (κ3) is 5.24. The summed E-state index contributed by atoms with van der Waals surface area (Å²) in [6.07, 6.45) is -8.62. The van der Waals surface area contributed by atoms with Gasteiger partial charge in [0.15, 0.2) is 5.69 Å². The van der Waals surface area contributed by atoms with Crippen molar-refractivity contribution in [2.24, 2.45) is 0 Å². The molecule has 2 rings (SSSR count). The van der Waals surface area contributed by atoms with Crippen LogP contribution in [-0.2, 0) is 12.7 Å². The van der Waals surface area contributed by atoms with E-state index in [1.54, 1.807) is 0 Å². The molecule has 1 N–H and O–H groups in total. The van der Waals surface area contributed by atoms with E-state index in [1.165, 1.54) is 25.1 Å². The van der Waals surface area contributed by atoms with Crippen molar-refractivity contribution < 1.29 is 31.3 Å². The molecule has 0 radical (unpaired) electrons. The fraction of sp³-hybridized carbons (Fsp3) is 0.312. The third-order valence-electron chi connectivity index (χ3n) is 3.66. The highest BCUT2D eigenvalue weighted by Gasteiger charge is 2.38. The summed E-state index contributed by atoms with van der Waals surface area (Å²) in [4.78, 5) is 10.2. The van der Waals surface area contributed by atoms with Crippen LogP contribution in [-0.4, -0.2) is 27.4 Å². The van der Waals surface area contributed by atoms with E-state index in [1.807, 2.05) is 5.32 Å². The van der Waals surface area contributed by atoms with Gasteiger partial charge in [0, 0.05) is 29.1 Å². The number of nitrogens with one attached hydrogen (secondary N) is 1. The molecule has 0 aliphatic carbocycles. The van der Waals surface area contributed by atoms with E-state index in [0.717, 1.165) is 10.9 Å². The van der Waals surface area contributed by atoms with Gasteiger partial charge in [0.2, 0.25) is 0 Å². The zero-order chi connectivity index (χ0) is 21.3. The molecule has 6 nitrogen and oxygen atoms in total. The first-order chi connectivity index (χ1) is 12.8. The van der Waals surface area contributed by atoms with E-state index in [4.69, 9.17) is 0 Å². The van der Waals surface area contributed by atoms with E-state index in [2.05, 4.69) is 11.7 Å². The van der Waals surface area contributed by atoms with E-state index in [-0.39, 0.29) is 12.2 Å². The van der Waals surface area contributed by atoms with Gasteiger partial charge in [0.25, 0.3) is 5.69 Å². The van der Waals surface area contributed by atoms with Crippen molar-refractivity contribution in [2.45, 2.75) is 25.8 Å². The molecule has 0 aliphatic heterocycles. The number of halogens is 6. The summed E-state index contributed by atoms with van der Waals surface area (Å²) < 4.78 is 77.4. The zero-order valence-electron chi connectivity index (χ0n) is 14.4. The number of nitro benzene ring substituents is 1. The molecule has 0 atom stereocenters. The highest BCUT2D eigenvalue weighted by Crippen LogP contribution is 2.33. The van der Waals surface area contributed by atoms with Gasteiger partial charge in [0.05, 0.1) is 11.5 Å². The van der Waals surface area contributed by atoms with Crippen LogP contribution in [0.5, 0.6) is 0 Å². The summed E-state index contributed by atoms with van der Waals surface area (Å²) in [6, 6.07) is 3.99. The Labute approximate surface area is 154 Å². The molecule has 0 saturated carbocycles. The average Bonchev–Trinajstić information content (AvgIpc) is 2.96. The average molecular weight is 408 g/mol. The Balaban J connectivity index is 2.31. The summed E-state index contributed by atoms with van der Waals surface area (Å²) in [5.41, 5.74) is -1.98. The van der Waals surface area contributed by atoms with Crippen LogP contribution in [0.25, 0.3) is 5.70 Å². The largest absolute Gasteiger partial charge is 0.435 e. The molecule has 2 aromatic rings. The van der Waals surface area contributed by atoms with Gasteiger partial charge < -0.3 is 5.32 Å². The second-order valence-corrected chi connectivity index (χ2v) is 5.91. The van der Waals surface area contributed by atoms with Gasteiger partial charge in [-0.25, -0.2) is 0 Å². The topological polar surface area (TPSA) is 73.0 Å². The maximum Gasteiger partial charge on any atom is 0.435 e. The Kier molecular flexibility index (Phi) is 5.71. The van der Waals surface area contributed by atoms with E-state index in [9.17, 15) is 36.5 Å². The monoisotopic (exact) mass is 408 g/mol. The molecule has 0 aliphatic rings. The Morgan fingerprint density at radius 1 is 1.29 bits per heavy atom. The number of aromatic nitrogens is 2. The molecular formula is C16H14F6N4O2. The number of rotatable bonds is 6. The van der Waals surface area contributed by atoms with Crippen LogP contribution >= 0.6 is 0 Å². The number of nitrogens with zero attached hydrogens (tertiary/aromatic N) is 3. The molecule has 0 bridgehead atoms. The van der Waals surface area contributed by atoms with Crippen LogP contribution in [0.15, 0.2) is 31.0 Å². The number of nitro groups is 1. The lowest BCUT2D eigenvalue weighted by Crippen LogP contribution is -2.27. The summed E-state index contributed by atoms with van der Waals surface area (Å²) in [5, 5.41) is 16.0. The van der Waals surface area contributed by atoms with Crippen LogP contribution in [0.1, 0.15) is 22.4 Å². The van der Waals surface area contributed by atoms with Crippen molar-refractivity contribution in [1.29, 1.82) is 0 Å². The second kappa shape index (κ2) is 7.52. The fourth-order valence-corrected chi connectivity index (χ4v) is 2.44. The quantitative estimate of drug-likeness (QED) is 0.440. The number of alkyl halides is 6. The molecular weight excluding hydrogens is 394 g/mol. The summed E-state index contributed by atoms with van der Waals surface area (Å²) in [6.45, 7) is 2.98. The molecule has 12 heteroatoms. The standard InChI is InChI=1S/C16H14F6N4O2/c1-9-5-11(3-4-13(9)26(27)28)6-25-7-12(14(24-25)16(20,21)22)10(2)23-8-15(17,18)19/h3-5,7,23H,2,6,8H2,1H3. The van der Waals surface area contributed by atoms with Gasteiger partial charge in [0.1, 0.15) is 6.54 Å². The minimum Gasteiger partial charge on any atom is -0.376 e. The van der Waals surface area contributed by atoms with Gasteiger partial charge >= 0.3 is 12.4 Å². The van der Waals surface area contributed by atoms with E-state index in [0.29, 0.717) is 11.1 Å². The summed E-state index contributed by atoms with van der Waals surface area (Å²) in [5.74, 6) is 0. The predicted molar refractivity (Wildman–Crippen MR) is 87.3 cm³/mol. The van der Waals surface area contributed by atoms with Crippen LogP contribution in [0.4, 0.5) is 32.0 Å². The highest BCUT2D eigenvalue weighted by atomic mass is 19.4. The lowest BCUT2D eigenvalue weighted by Gasteiger charge is -2.12. The smallest absolute Gasteiger partial charge is 0.376 e. The first-order valence-electron chi connectivity index (χ1n) is 7.66. The van der Waals surface area contributed by atoms with Crippen LogP contribution < -0.4 is 5.32 Å². The molecule has 1 aromatic carbocycles. The lowest BCUT2D eigenvalue weighted by atomic mass is 10.1. The van der Waals surface area contributed by atoms with E-state index < -0.39 is 40.8 Å². The number of hydrogen-bond donors (Lipinski definition) is 1. The molecule has 0 spiro atoms. The van der Waals surface area contributed by atoms with Crippen molar-refractivity contribution >= 4 is 11.4 Å². The van der Waals surface area contributed by atoms with Crippen LogP contribution in [0, 0.1) is 17.0 Å². The van der Waals surface area contributed by atoms with E-state index >= 15 is 0 Å². The van der Waals surface area contributed by atoms with Gasteiger partial charge in [-0.15, -0.1) is 0 Å². The van der Waals surface area contributed by atoms with Crippen LogP contribution in [0.2, 0.25) is 0 Å². The van der Waals surface area contributed by atoms with Gasteiger partial charge in [-0.2, -0.15) is 31.4 Å². The summed E-state index contributed by atoms with van der Waals surface area (Å²) >= 11 is 0. The van der Waals surface area contributed by atoms with Crippen molar-refractivity contribution in [3.8, 4) is 0 Å². The predicted octanol–water partition coefficient (Wildman–Crippen LogP) is 4.29. The summed E-state index contributed by atoms with van der Waals surface area (Å²) in [7, 11) is 0. The van der Waals surface area contributed by atoms with Gasteiger partial charge in [-0.3, -0.25) is 14.8 Å². The SMILES string of the molecule is C=C(NCC(F)(F)F)c1cn(Cc2ccc([N+](=O)[O-])c(C)c2)nc1C(F)(F)F. The fourth-order valence-electron chi connectivity index (χ4n) is 2.44. The van der Waals surface area contributed by atoms with Crippen LogP contribution in [0.3, 0.4) is 0 Å². The maximum atomic E-state index is 13.2. The van der Waals surface area contributed by atoms with Crippen molar-refractivity contribution in [2.75, 3.05) is 6.54 Å². The van der Waals surface area contributed by atoms with Gasteiger partial charge in [-0.1, -0.05) is 12.6 Å². The molecule has 28 heavy (non-hydrogen) atoms. The van der Waals surface area contributed by atoms with Crippen molar-refractivity contribution in [3.63, 3.8) is 0 Å². The Morgan fingerprint density at radius 2 is 1.93 bits per heavy atom. The molecule has 0 amide bonds. The molecule has 1 heterocycles. The minimum absolute atomic E-state index is 0.148. The molecule has 0 fully saturated rings. The van der Waals surface area contributed by atoms with Gasteiger partial charge in [-0.05, 0) is 18.6 Å². The number of hydrogen-bond acceptors (Lipinski definition) is 4. The minimum atomic E-state index is -4.91. The Hall–Kier alpha value is -3.05. The molecule has 0 saturated heterocycles. The number of benzene rings is 1. The van der Waals surface area contributed by atoms with Crippen molar-refractivity contribution in [3.05, 3.63) is 63.5 Å². The first-order valence-corrected chi connectivity index (χ1v) is 7.66. The zero-order valence-corrected chi connectivity index (χ0v) is 14.4. The highest BCUT2D eigenvalue weighted by molar-refractivity contribution is 5.63. The first kappa shape index (κ1) is 21.3.